The molecule has 0 aliphatic carbocycles. The molecule has 0 radical (unpaired) electrons. The van der Waals surface area contributed by atoms with E-state index in [2.05, 4.69) is 15.5 Å². The number of methoxy groups -OCH3 is 2. The van der Waals surface area contributed by atoms with Crippen molar-refractivity contribution >= 4 is 45.9 Å². The van der Waals surface area contributed by atoms with Gasteiger partial charge in [-0.1, -0.05) is 23.9 Å². The van der Waals surface area contributed by atoms with E-state index in [9.17, 15) is 14.4 Å². The van der Waals surface area contributed by atoms with Crippen LogP contribution in [0, 0.1) is 6.92 Å². The largest absolute Gasteiger partial charge is 0.493 e. The molecule has 0 spiro atoms. The number of benzene rings is 1. The molecule has 3 rings (SSSR count). The Morgan fingerprint density at radius 2 is 1.80 bits per heavy atom. The first-order chi connectivity index (χ1) is 16.9. The number of aromatic nitrogens is 3. The molecule has 3 aromatic rings. The Bertz CT molecular complexity index is 1240. The van der Waals surface area contributed by atoms with E-state index in [4.69, 9.17) is 14.2 Å². The van der Waals surface area contributed by atoms with Crippen molar-refractivity contribution in [1.82, 2.24) is 14.8 Å². The smallest absolute Gasteiger partial charge is 0.348 e. The number of amides is 1. The molecule has 0 aliphatic rings. The minimum Gasteiger partial charge on any atom is -0.493 e. The molecule has 0 atom stereocenters. The lowest BCUT2D eigenvalue weighted by atomic mass is 10.1. The molecule has 1 aromatic carbocycles. The van der Waals surface area contributed by atoms with E-state index in [1.54, 1.807) is 6.92 Å². The van der Waals surface area contributed by atoms with Crippen LogP contribution in [0.25, 0.3) is 11.4 Å². The minimum atomic E-state index is -0.653. The molecular weight excluding hydrogens is 492 g/mol. The van der Waals surface area contributed by atoms with Crippen LogP contribution in [-0.2, 0) is 20.8 Å². The Hall–Kier alpha value is -3.38. The first kappa shape index (κ1) is 26.2. The summed E-state index contributed by atoms with van der Waals surface area (Å²) in [5, 5.41) is 12.1. The highest BCUT2D eigenvalue weighted by atomic mass is 32.2. The SMILES string of the molecule is CCOc1ccccc1-c1nnc(SCC(=O)Nc2sc(C(=O)OC)c(C)c2C(=O)OC)n1CC. The first-order valence-corrected chi connectivity index (χ1v) is 12.5. The van der Waals surface area contributed by atoms with E-state index >= 15 is 0 Å². The van der Waals surface area contributed by atoms with Gasteiger partial charge in [0, 0.05) is 6.54 Å². The van der Waals surface area contributed by atoms with E-state index < -0.39 is 11.9 Å². The number of thioether (sulfide) groups is 1. The van der Waals surface area contributed by atoms with E-state index in [-0.39, 0.29) is 27.1 Å². The first-order valence-electron chi connectivity index (χ1n) is 10.7. The van der Waals surface area contributed by atoms with Gasteiger partial charge in [0.05, 0.1) is 37.7 Å². The second-order valence-electron chi connectivity index (χ2n) is 7.06. The van der Waals surface area contributed by atoms with Crippen LogP contribution in [0.5, 0.6) is 5.75 Å². The number of nitrogens with one attached hydrogen (secondary N) is 1. The van der Waals surface area contributed by atoms with Gasteiger partial charge in [-0.05, 0) is 38.5 Å². The van der Waals surface area contributed by atoms with Crippen molar-refractivity contribution in [2.45, 2.75) is 32.5 Å². The number of thiophene rings is 1. The second kappa shape index (κ2) is 11.8. The van der Waals surface area contributed by atoms with Crippen LogP contribution in [-0.4, -0.2) is 59.2 Å². The molecule has 0 saturated heterocycles. The zero-order valence-corrected chi connectivity index (χ0v) is 21.7. The summed E-state index contributed by atoms with van der Waals surface area (Å²) in [4.78, 5) is 37.3. The monoisotopic (exact) mass is 518 g/mol. The van der Waals surface area contributed by atoms with Crippen LogP contribution in [0.1, 0.15) is 39.4 Å². The van der Waals surface area contributed by atoms with Crippen LogP contribution >= 0.6 is 23.1 Å². The predicted octanol–water partition coefficient (Wildman–Crippen LogP) is 4.04. The van der Waals surface area contributed by atoms with E-state index in [0.29, 0.717) is 35.4 Å². The number of hydrogen-bond donors (Lipinski definition) is 1. The summed E-state index contributed by atoms with van der Waals surface area (Å²) in [5.41, 5.74) is 1.33. The molecule has 0 unspecified atom stereocenters. The Morgan fingerprint density at radius 1 is 1.09 bits per heavy atom. The lowest BCUT2D eigenvalue weighted by Gasteiger charge is -2.11. The third-order valence-electron chi connectivity index (χ3n) is 4.95. The number of hydrogen-bond acceptors (Lipinski definition) is 10. The number of carbonyl (C=O) groups is 3. The zero-order valence-electron chi connectivity index (χ0n) is 20.0. The molecular formula is C23H26N4O6S2. The number of anilines is 1. The van der Waals surface area contributed by atoms with Crippen molar-refractivity contribution < 1.29 is 28.6 Å². The average Bonchev–Trinajstić information content (AvgIpc) is 3.42. The van der Waals surface area contributed by atoms with Crippen molar-refractivity contribution in [2.75, 3.05) is 31.9 Å². The van der Waals surface area contributed by atoms with Crippen molar-refractivity contribution in [1.29, 1.82) is 0 Å². The second-order valence-corrected chi connectivity index (χ2v) is 9.02. The van der Waals surface area contributed by atoms with Gasteiger partial charge in [-0.3, -0.25) is 4.79 Å². The molecule has 35 heavy (non-hydrogen) atoms. The van der Waals surface area contributed by atoms with Gasteiger partial charge in [0.2, 0.25) is 5.91 Å². The highest BCUT2D eigenvalue weighted by Gasteiger charge is 2.27. The van der Waals surface area contributed by atoms with E-state index in [0.717, 1.165) is 16.9 Å². The number of rotatable bonds is 10. The summed E-state index contributed by atoms with van der Waals surface area (Å²) in [6.45, 7) is 6.59. The van der Waals surface area contributed by atoms with E-state index in [1.807, 2.05) is 42.7 Å². The third-order valence-corrected chi connectivity index (χ3v) is 7.11. The maximum Gasteiger partial charge on any atom is 0.348 e. The number of ether oxygens (including phenoxy) is 3. The predicted molar refractivity (Wildman–Crippen MR) is 133 cm³/mol. The summed E-state index contributed by atoms with van der Waals surface area (Å²) in [7, 11) is 2.48. The molecule has 12 heteroatoms. The highest BCUT2D eigenvalue weighted by Crippen LogP contribution is 2.35. The minimum absolute atomic E-state index is 0.0103. The fourth-order valence-electron chi connectivity index (χ4n) is 3.34. The lowest BCUT2D eigenvalue weighted by molar-refractivity contribution is -0.113. The molecule has 10 nitrogen and oxygen atoms in total. The third kappa shape index (κ3) is 5.65. The molecule has 0 fully saturated rings. The number of nitrogens with zero attached hydrogens (tertiary/aromatic N) is 3. The zero-order chi connectivity index (χ0) is 25.5. The van der Waals surface area contributed by atoms with Crippen LogP contribution in [0.4, 0.5) is 5.00 Å². The Labute approximate surface area is 211 Å². The molecule has 0 bridgehead atoms. The summed E-state index contributed by atoms with van der Waals surface area (Å²) in [6.07, 6.45) is 0. The van der Waals surface area contributed by atoms with Crippen LogP contribution < -0.4 is 10.1 Å². The topological polar surface area (TPSA) is 122 Å². The van der Waals surface area contributed by atoms with Gasteiger partial charge in [0.1, 0.15) is 15.6 Å². The standard InChI is InChI=1S/C23H26N4O6S2/c1-6-27-19(14-10-8-9-11-15(14)33-7-2)25-26-23(27)34-12-16(28)24-20-17(21(29)31-4)13(3)18(35-20)22(30)32-5/h8-11H,6-7,12H2,1-5H3,(H,24,28). The van der Waals surface area contributed by atoms with Crippen LogP contribution in [0.15, 0.2) is 29.4 Å². The summed E-state index contributed by atoms with van der Waals surface area (Å²) < 4.78 is 17.2. The van der Waals surface area contributed by atoms with Gasteiger partial charge in [0.25, 0.3) is 0 Å². The number of para-hydroxylation sites is 1. The molecule has 186 valence electrons. The van der Waals surface area contributed by atoms with Gasteiger partial charge >= 0.3 is 11.9 Å². The molecule has 2 aromatic heterocycles. The number of esters is 2. The van der Waals surface area contributed by atoms with Crippen LogP contribution in [0.3, 0.4) is 0 Å². The molecule has 1 amide bonds. The van der Waals surface area contributed by atoms with Crippen molar-refractivity contribution in [3.63, 3.8) is 0 Å². The Balaban J connectivity index is 1.79. The van der Waals surface area contributed by atoms with Crippen molar-refractivity contribution in [3.05, 3.63) is 40.3 Å². The fourth-order valence-corrected chi connectivity index (χ4v) is 5.27. The normalized spacial score (nSPS) is 10.7. The molecule has 2 heterocycles. The van der Waals surface area contributed by atoms with Crippen molar-refractivity contribution in [2.24, 2.45) is 0 Å². The van der Waals surface area contributed by atoms with Gasteiger partial charge in [0.15, 0.2) is 11.0 Å². The van der Waals surface area contributed by atoms with Crippen molar-refractivity contribution in [3.8, 4) is 17.1 Å². The summed E-state index contributed by atoms with van der Waals surface area (Å²) >= 11 is 2.17. The fraction of sp³-hybridized carbons (Fsp3) is 0.348. The molecule has 1 N–H and O–H groups in total. The highest BCUT2D eigenvalue weighted by molar-refractivity contribution is 7.99. The maximum atomic E-state index is 12.8. The lowest BCUT2D eigenvalue weighted by Crippen LogP contribution is -2.16. The average molecular weight is 519 g/mol. The van der Waals surface area contributed by atoms with Gasteiger partial charge in [-0.2, -0.15) is 0 Å². The number of carbonyl (C=O) groups excluding carboxylic acids is 3. The quantitative estimate of drug-likeness (QED) is 0.313. The molecule has 0 saturated carbocycles. The Kier molecular flexibility index (Phi) is 8.88. The van der Waals surface area contributed by atoms with Crippen LogP contribution in [0.2, 0.25) is 0 Å². The van der Waals surface area contributed by atoms with Gasteiger partial charge < -0.3 is 24.1 Å². The van der Waals surface area contributed by atoms with Gasteiger partial charge in [-0.15, -0.1) is 21.5 Å². The Morgan fingerprint density at radius 3 is 2.46 bits per heavy atom. The van der Waals surface area contributed by atoms with E-state index in [1.165, 1.54) is 26.0 Å². The summed E-state index contributed by atoms with van der Waals surface area (Å²) in [6, 6.07) is 7.58. The maximum absolute atomic E-state index is 12.8. The summed E-state index contributed by atoms with van der Waals surface area (Å²) in [5.74, 6) is -0.264. The van der Waals surface area contributed by atoms with Gasteiger partial charge in [-0.25, -0.2) is 9.59 Å². The molecule has 0 aliphatic heterocycles.